The van der Waals surface area contributed by atoms with E-state index in [2.05, 4.69) is 21.2 Å². The number of aryl methyl sites for hydroxylation is 1. The number of esters is 1. The molecule has 0 bridgehead atoms. The van der Waals surface area contributed by atoms with Crippen LogP contribution in [0.25, 0.3) is 6.08 Å². The first-order valence-electron chi connectivity index (χ1n) is 6.50. The van der Waals surface area contributed by atoms with Gasteiger partial charge in [0.25, 0.3) is 5.91 Å². The number of benzene rings is 1. The Labute approximate surface area is 136 Å². The van der Waals surface area contributed by atoms with Crippen LogP contribution in [0.2, 0.25) is 0 Å². The van der Waals surface area contributed by atoms with Crippen molar-refractivity contribution < 1.29 is 18.7 Å². The molecule has 0 aliphatic carbocycles. The van der Waals surface area contributed by atoms with E-state index in [0.717, 1.165) is 10.2 Å². The largest absolute Gasteiger partial charge is 0.462 e. The van der Waals surface area contributed by atoms with Crippen molar-refractivity contribution >= 4 is 39.6 Å². The summed E-state index contributed by atoms with van der Waals surface area (Å²) in [5.74, 6) is 0.270. The molecule has 0 fully saturated rings. The Kier molecular flexibility index (Phi) is 5.55. The maximum Gasteiger partial charge on any atom is 0.331 e. The Balaban J connectivity index is 1.80. The lowest BCUT2D eigenvalue weighted by molar-refractivity contribution is -0.142. The van der Waals surface area contributed by atoms with Gasteiger partial charge in [-0.25, -0.2) is 4.79 Å². The predicted molar refractivity (Wildman–Crippen MR) is 86.2 cm³/mol. The minimum absolute atomic E-state index is 0.359. The van der Waals surface area contributed by atoms with Crippen molar-refractivity contribution in [2.24, 2.45) is 0 Å². The number of furan rings is 1. The molecule has 1 aromatic heterocycles. The molecule has 0 saturated heterocycles. The van der Waals surface area contributed by atoms with Crippen molar-refractivity contribution in [3.63, 3.8) is 0 Å². The second-order valence-corrected chi connectivity index (χ2v) is 5.27. The molecule has 0 radical (unpaired) electrons. The number of amides is 1. The number of ether oxygens (including phenoxy) is 1. The maximum absolute atomic E-state index is 11.7. The van der Waals surface area contributed by atoms with Crippen LogP contribution in [-0.4, -0.2) is 18.5 Å². The van der Waals surface area contributed by atoms with E-state index in [-0.39, 0.29) is 6.61 Å². The number of rotatable bonds is 5. The number of nitrogens with one attached hydrogen (secondary N) is 1. The number of halogens is 1. The Morgan fingerprint density at radius 3 is 2.73 bits per heavy atom. The predicted octanol–water partition coefficient (Wildman–Crippen LogP) is 3.55. The molecule has 2 rings (SSSR count). The van der Waals surface area contributed by atoms with Crippen molar-refractivity contribution in [1.29, 1.82) is 0 Å². The first kappa shape index (κ1) is 16.0. The average Bonchev–Trinajstić information content (AvgIpc) is 2.91. The Bertz CT molecular complexity index is 706. The van der Waals surface area contributed by atoms with Crippen LogP contribution in [0.4, 0.5) is 5.69 Å². The van der Waals surface area contributed by atoms with E-state index < -0.39 is 11.9 Å². The first-order chi connectivity index (χ1) is 10.5. The second-order valence-electron chi connectivity index (χ2n) is 4.42. The molecule has 6 heteroatoms. The Hall–Kier alpha value is -2.34. The topological polar surface area (TPSA) is 68.5 Å². The van der Waals surface area contributed by atoms with Gasteiger partial charge in [0.1, 0.15) is 11.5 Å². The molecule has 0 atom stereocenters. The maximum atomic E-state index is 11.7. The standard InChI is InChI=1S/C16H14BrNO4/c1-11-6-7-12(22-11)8-9-16(20)21-10-15(19)18-14-5-3-2-4-13(14)17/h2-9H,10H2,1H3,(H,18,19). The number of para-hydroxylation sites is 1. The van der Waals surface area contributed by atoms with Crippen LogP contribution in [0.1, 0.15) is 11.5 Å². The van der Waals surface area contributed by atoms with Gasteiger partial charge in [0.15, 0.2) is 6.61 Å². The number of hydrogen-bond donors (Lipinski definition) is 1. The summed E-state index contributed by atoms with van der Waals surface area (Å²) in [5.41, 5.74) is 0.616. The summed E-state index contributed by atoms with van der Waals surface area (Å²) in [4.78, 5) is 23.2. The van der Waals surface area contributed by atoms with Crippen LogP contribution < -0.4 is 5.32 Å². The first-order valence-corrected chi connectivity index (χ1v) is 7.29. The third kappa shape index (κ3) is 4.89. The van der Waals surface area contributed by atoms with Crippen LogP contribution in [0.5, 0.6) is 0 Å². The molecule has 2 aromatic rings. The van der Waals surface area contributed by atoms with Gasteiger partial charge >= 0.3 is 5.97 Å². The third-order valence-electron chi connectivity index (χ3n) is 2.64. The molecule has 0 aliphatic heterocycles. The van der Waals surface area contributed by atoms with E-state index in [0.29, 0.717) is 11.4 Å². The lowest BCUT2D eigenvalue weighted by Crippen LogP contribution is -2.20. The second kappa shape index (κ2) is 7.61. The molecule has 0 saturated carbocycles. The quantitative estimate of drug-likeness (QED) is 0.651. The molecule has 1 heterocycles. The summed E-state index contributed by atoms with van der Waals surface area (Å²) in [6, 6.07) is 10.7. The van der Waals surface area contributed by atoms with E-state index in [1.165, 1.54) is 12.2 Å². The molecular formula is C16H14BrNO4. The molecule has 0 spiro atoms. The highest BCUT2D eigenvalue weighted by atomic mass is 79.9. The molecule has 114 valence electrons. The average molecular weight is 364 g/mol. The molecular weight excluding hydrogens is 350 g/mol. The normalized spacial score (nSPS) is 10.6. The lowest BCUT2D eigenvalue weighted by atomic mass is 10.3. The van der Waals surface area contributed by atoms with Gasteiger partial charge in [0.2, 0.25) is 0 Å². The highest BCUT2D eigenvalue weighted by molar-refractivity contribution is 9.10. The number of anilines is 1. The van der Waals surface area contributed by atoms with Crippen LogP contribution in [0, 0.1) is 6.92 Å². The van der Waals surface area contributed by atoms with Crippen molar-refractivity contribution in [2.45, 2.75) is 6.92 Å². The summed E-state index contributed by atoms with van der Waals surface area (Å²) in [7, 11) is 0. The monoisotopic (exact) mass is 363 g/mol. The van der Waals surface area contributed by atoms with Gasteiger partial charge in [-0.1, -0.05) is 12.1 Å². The molecule has 1 amide bonds. The van der Waals surface area contributed by atoms with E-state index in [1.807, 2.05) is 13.0 Å². The zero-order chi connectivity index (χ0) is 15.9. The fourth-order valence-electron chi connectivity index (χ4n) is 1.63. The van der Waals surface area contributed by atoms with E-state index in [4.69, 9.17) is 9.15 Å². The van der Waals surface area contributed by atoms with Crippen LogP contribution in [-0.2, 0) is 14.3 Å². The minimum Gasteiger partial charge on any atom is -0.462 e. The Morgan fingerprint density at radius 1 is 1.27 bits per heavy atom. The van der Waals surface area contributed by atoms with Crippen LogP contribution in [0.15, 0.2) is 51.4 Å². The van der Waals surface area contributed by atoms with Gasteiger partial charge in [0.05, 0.1) is 5.69 Å². The van der Waals surface area contributed by atoms with Gasteiger partial charge < -0.3 is 14.5 Å². The van der Waals surface area contributed by atoms with Crippen LogP contribution in [0.3, 0.4) is 0 Å². The van der Waals surface area contributed by atoms with Crippen molar-refractivity contribution in [1.82, 2.24) is 0 Å². The smallest absolute Gasteiger partial charge is 0.331 e. The third-order valence-corrected chi connectivity index (χ3v) is 3.33. The van der Waals surface area contributed by atoms with Gasteiger partial charge in [-0.2, -0.15) is 0 Å². The summed E-state index contributed by atoms with van der Waals surface area (Å²) < 4.78 is 10.9. The Morgan fingerprint density at radius 2 is 2.05 bits per heavy atom. The van der Waals surface area contributed by atoms with Gasteiger partial charge in [0, 0.05) is 10.5 Å². The summed E-state index contributed by atoms with van der Waals surface area (Å²) in [5, 5.41) is 2.64. The lowest BCUT2D eigenvalue weighted by Gasteiger charge is -2.06. The van der Waals surface area contributed by atoms with Crippen molar-refractivity contribution in [2.75, 3.05) is 11.9 Å². The van der Waals surface area contributed by atoms with Crippen molar-refractivity contribution in [3.05, 3.63) is 58.5 Å². The zero-order valence-corrected chi connectivity index (χ0v) is 13.4. The van der Waals surface area contributed by atoms with Crippen molar-refractivity contribution in [3.8, 4) is 0 Å². The highest BCUT2D eigenvalue weighted by Crippen LogP contribution is 2.20. The molecule has 0 unspecified atom stereocenters. The molecule has 5 nitrogen and oxygen atoms in total. The van der Waals surface area contributed by atoms with Gasteiger partial charge in [-0.05, 0) is 53.2 Å². The van der Waals surface area contributed by atoms with E-state index in [1.54, 1.807) is 30.3 Å². The zero-order valence-electron chi connectivity index (χ0n) is 11.8. The molecule has 22 heavy (non-hydrogen) atoms. The summed E-state index contributed by atoms with van der Waals surface area (Å²) >= 11 is 3.31. The highest BCUT2D eigenvalue weighted by Gasteiger charge is 2.07. The van der Waals surface area contributed by atoms with E-state index in [9.17, 15) is 9.59 Å². The molecule has 1 aromatic carbocycles. The number of carbonyl (C=O) groups is 2. The fraction of sp³-hybridized carbons (Fsp3) is 0.125. The van der Waals surface area contributed by atoms with Crippen LogP contribution >= 0.6 is 15.9 Å². The molecule has 1 N–H and O–H groups in total. The van der Waals surface area contributed by atoms with Gasteiger partial charge in [-0.15, -0.1) is 0 Å². The minimum atomic E-state index is -0.615. The fourth-order valence-corrected chi connectivity index (χ4v) is 2.01. The number of hydrogen-bond acceptors (Lipinski definition) is 4. The SMILES string of the molecule is Cc1ccc(C=CC(=O)OCC(=O)Nc2ccccc2Br)o1. The summed E-state index contributed by atoms with van der Waals surface area (Å²) in [6.45, 7) is 1.45. The summed E-state index contributed by atoms with van der Waals surface area (Å²) in [6.07, 6.45) is 2.70. The van der Waals surface area contributed by atoms with E-state index >= 15 is 0 Å². The molecule has 0 aliphatic rings. The number of carbonyl (C=O) groups excluding carboxylic acids is 2. The van der Waals surface area contributed by atoms with Gasteiger partial charge in [-0.3, -0.25) is 4.79 Å².